The number of carbonyl (C=O) groups excluding carboxylic acids is 4. The number of aliphatic hydroxyl groups excluding tert-OH is 1. The van der Waals surface area contributed by atoms with Crippen LogP contribution in [0.2, 0.25) is 0 Å². The van der Waals surface area contributed by atoms with Gasteiger partial charge in [0.1, 0.15) is 19.3 Å². The molecule has 0 aromatic carbocycles. The van der Waals surface area contributed by atoms with Gasteiger partial charge in [0.05, 0.1) is 26.4 Å². The van der Waals surface area contributed by atoms with E-state index in [0.29, 0.717) is 25.7 Å². The molecule has 0 radical (unpaired) electrons. The van der Waals surface area contributed by atoms with Crippen LogP contribution in [0.5, 0.6) is 0 Å². The number of ether oxygens (including phenoxy) is 4. The average molecular weight is 1470 g/mol. The molecule has 0 bridgehead atoms. The number of hydrogen-bond donors (Lipinski definition) is 3. The third-order valence-corrected chi connectivity index (χ3v) is 20.9. The summed E-state index contributed by atoms with van der Waals surface area (Å²) in [5.41, 5.74) is 0. The summed E-state index contributed by atoms with van der Waals surface area (Å²) in [5.74, 6) is -1.34. The van der Waals surface area contributed by atoms with Crippen LogP contribution in [0.25, 0.3) is 0 Å². The monoisotopic (exact) mass is 1470 g/mol. The van der Waals surface area contributed by atoms with Crippen LogP contribution in [-0.4, -0.2) is 96.7 Å². The molecule has 0 saturated carbocycles. The Balaban J connectivity index is 5.19. The molecule has 0 aliphatic rings. The smallest absolute Gasteiger partial charge is 0.462 e. The highest BCUT2D eigenvalue weighted by Crippen LogP contribution is 2.45. The summed E-state index contributed by atoms with van der Waals surface area (Å²) >= 11 is 0. The Bertz CT molecular complexity index is 1910. The first-order valence-corrected chi connectivity index (χ1v) is 45.1. The van der Waals surface area contributed by atoms with Crippen LogP contribution in [0.4, 0.5) is 0 Å². The molecular formula is C81H158O17P2. The number of unbranched alkanes of at least 4 members (excludes halogenated alkanes) is 53. The van der Waals surface area contributed by atoms with Gasteiger partial charge in [-0.15, -0.1) is 0 Å². The third kappa shape index (κ3) is 74.3. The number of aliphatic hydroxyl groups is 1. The van der Waals surface area contributed by atoms with Crippen molar-refractivity contribution in [3.8, 4) is 0 Å². The van der Waals surface area contributed by atoms with Crippen LogP contribution >= 0.6 is 15.6 Å². The second-order valence-corrected chi connectivity index (χ2v) is 32.5. The summed E-state index contributed by atoms with van der Waals surface area (Å²) in [6.45, 7) is 7.30. The van der Waals surface area contributed by atoms with Gasteiger partial charge in [-0.2, -0.15) is 0 Å². The molecule has 0 heterocycles. The first kappa shape index (κ1) is 98.1. The Labute approximate surface area is 613 Å². The van der Waals surface area contributed by atoms with Crippen molar-refractivity contribution in [3.63, 3.8) is 0 Å². The molecule has 0 aliphatic carbocycles. The fourth-order valence-corrected chi connectivity index (χ4v) is 14.2. The lowest BCUT2D eigenvalue weighted by molar-refractivity contribution is -0.161. The van der Waals surface area contributed by atoms with E-state index in [2.05, 4.69) is 34.6 Å². The zero-order chi connectivity index (χ0) is 73.4. The summed E-state index contributed by atoms with van der Waals surface area (Å²) in [6, 6.07) is 0. The van der Waals surface area contributed by atoms with E-state index >= 15 is 0 Å². The van der Waals surface area contributed by atoms with Crippen LogP contribution in [0.3, 0.4) is 0 Å². The molecule has 0 aromatic rings. The third-order valence-electron chi connectivity index (χ3n) is 19.0. The van der Waals surface area contributed by atoms with Gasteiger partial charge in [-0.3, -0.25) is 37.3 Å². The van der Waals surface area contributed by atoms with Crippen LogP contribution in [-0.2, 0) is 65.4 Å². The number of phosphoric acid groups is 2. The number of esters is 4. The predicted molar refractivity (Wildman–Crippen MR) is 409 cm³/mol. The number of phosphoric ester groups is 2. The minimum atomic E-state index is -4.96. The molecule has 0 amide bonds. The van der Waals surface area contributed by atoms with Crippen molar-refractivity contribution in [1.29, 1.82) is 0 Å². The molecule has 3 N–H and O–H groups in total. The lowest BCUT2D eigenvalue weighted by atomic mass is 10.0. The SMILES string of the molecule is CCCCCCCCCCCCCCCCCCCCCCCC(=O)O[C@H](COC(=O)CCCCCCCCCCCCCCCCCCC)COP(=O)(O)OC[C@@H](O)COP(=O)(O)OC[C@@H](COC(=O)CCCCCCCCCC)OC(=O)CCCCCCCCCCCCCC(C)C. The first-order chi connectivity index (χ1) is 48.5. The minimum Gasteiger partial charge on any atom is -0.462 e. The van der Waals surface area contributed by atoms with Crippen molar-refractivity contribution < 1.29 is 80.2 Å². The Morgan fingerprint density at radius 2 is 0.460 bits per heavy atom. The second-order valence-electron chi connectivity index (χ2n) is 29.6. The zero-order valence-electron chi connectivity index (χ0n) is 65.3. The Hall–Kier alpha value is -1.94. The van der Waals surface area contributed by atoms with E-state index in [1.165, 1.54) is 250 Å². The van der Waals surface area contributed by atoms with E-state index in [9.17, 15) is 43.2 Å². The maximum atomic E-state index is 13.1. The fourth-order valence-electron chi connectivity index (χ4n) is 12.6. The number of rotatable bonds is 81. The average Bonchev–Trinajstić information content (AvgIpc) is 1.02. The fraction of sp³-hybridized carbons (Fsp3) is 0.951. The topological polar surface area (TPSA) is 237 Å². The van der Waals surface area contributed by atoms with Crippen molar-refractivity contribution in [2.75, 3.05) is 39.6 Å². The Kier molecular flexibility index (Phi) is 72.5. The first-order valence-electron chi connectivity index (χ1n) is 42.1. The molecule has 0 rings (SSSR count). The van der Waals surface area contributed by atoms with Gasteiger partial charge >= 0.3 is 39.5 Å². The van der Waals surface area contributed by atoms with Crippen LogP contribution in [0.15, 0.2) is 0 Å². The van der Waals surface area contributed by atoms with E-state index in [0.717, 1.165) is 102 Å². The van der Waals surface area contributed by atoms with Gasteiger partial charge in [-0.1, -0.05) is 381 Å². The van der Waals surface area contributed by atoms with Crippen LogP contribution in [0.1, 0.15) is 433 Å². The highest BCUT2D eigenvalue weighted by atomic mass is 31.2. The minimum absolute atomic E-state index is 0.107. The van der Waals surface area contributed by atoms with Gasteiger partial charge in [0.25, 0.3) is 0 Å². The highest BCUT2D eigenvalue weighted by molar-refractivity contribution is 7.47. The number of carbonyl (C=O) groups is 4. The molecule has 100 heavy (non-hydrogen) atoms. The lowest BCUT2D eigenvalue weighted by Crippen LogP contribution is -2.30. The highest BCUT2D eigenvalue weighted by Gasteiger charge is 2.30. The summed E-state index contributed by atoms with van der Waals surface area (Å²) in [4.78, 5) is 72.9. The summed E-state index contributed by atoms with van der Waals surface area (Å²) < 4.78 is 68.6. The predicted octanol–water partition coefficient (Wildman–Crippen LogP) is 24.4. The Morgan fingerprint density at radius 3 is 0.680 bits per heavy atom. The summed E-state index contributed by atoms with van der Waals surface area (Å²) in [5, 5.41) is 10.6. The standard InChI is InChI=1S/C81H158O17P2/c1-6-9-12-15-18-21-23-25-27-29-30-31-32-34-36-38-42-46-51-56-61-66-80(85)98-77(71-92-79(84)65-60-55-50-45-41-37-35-33-28-26-24-22-19-16-13-10-7-2)73-96-100(89,90)94-69-75(82)68-93-99(87,88)95-72-76(70-91-78(83)64-59-54-49-20-17-14-11-8-3)97-81(86)67-62-57-52-47-43-39-40-44-48-53-58-63-74(4)5/h74-77,82H,6-73H2,1-5H3,(H,87,88)(H,89,90)/t75-,76+,77+/m0/s1. The van der Waals surface area contributed by atoms with E-state index in [1.807, 2.05) is 0 Å². The van der Waals surface area contributed by atoms with Crippen molar-refractivity contribution in [3.05, 3.63) is 0 Å². The molecule has 17 nitrogen and oxygen atoms in total. The van der Waals surface area contributed by atoms with E-state index in [1.54, 1.807) is 0 Å². The molecule has 0 saturated heterocycles. The van der Waals surface area contributed by atoms with Gasteiger partial charge < -0.3 is 33.8 Å². The molecule has 0 fully saturated rings. The maximum absolute atomic E-state index is 13.1. The normalized spacial score (nSPS) is 13.8. The lowest BCUT2D eigenvalue weighted by Gasteiger charge is -2.21. The van der Waals surface area contributed by atoms with Crippen molar-refractivity contribution >= 4 is 39.5 Å². The van der Waals surface area contributed by atoms with Crippen molar-refractivity contribution in [2.24, 2.45) is 5.92 Å². The van der Waals surface area contributed by atoms with Crippen molar-refractivity contribution in [2.45, 2.75) is 451 Å². The molecule has 2 unspecified atom stereocenters. The van der Waals surface area contributed by atoms with Crippen LogP contribution < -0.4 is 0 Å². The molecule has 0 spiro atoms. The summed E-state index contributed by atoms with van der Waals surface area (Å²) in [6.07, 6.45) is 65.4. The molecule has 0 aromatic heterocycles. The second kappa shape index (κ2) is 73.9. The molecule has 0 aliphatic heterocycles. The zero-order valence-corrected chi connectivity index (χ0v) is 67.1. The van der Waals surface area contributed by atoms with Crippen molar-refractivity contribution in [1.82, 2.24) is 0 Å². The Morgan fingerprint density at radius 1 is 0.270 bits per heavy atom. The molecule has 5 atom stereocenters. The van der Waals surface area contributed by atoms with E-state index in [4.69, 9.17) is 37.0 Å². The van der Waals surface area contributed by atoms with Gasteiger partial charge in [-0.25, -0.2) is 9.13 Å². The molecule has 594 valence electrons. The molecule has 19 heteroatoms. The summed E-state index contributed by atoms with van der Waals surface area (Å²) in [7, 11) is -9.91. The van der Waals surface area contributed by atoms with Gasteiger partial charge in [-0.05, 0) is 31.6 Å². The quantitative estimate of drug-likeness (QED) is 0.0222. The molecular weight excluding hydrogens is 1310 g/mol. The van der Waals surface area contributed by atoms with Gasteiger partial charge in [0.2, 0.25) is 0 Å². The van der Waals surface area contributed by atoms with E-state index in [-0.39, 0.29) is 25.7 Å². The van der Waals surface area contributed by atoms with E-state index < -0.39 is 97.5 Å². The largest absolute Gasteiger partial charge is 0.472 e. The maximum Gasteiger partial charge on any atom is 0.472 e. The van der Waals surface area contributed by atoms with Crippen LogP contribution in [0, 0.1) is 5.92 Å². The number of hydrogen-bond acceptors (Lipinski definition) is 15. The van der Waals surface area contributed by atoms with Gasteiger partial charge in [0.15, 0.2) is 12.2 Å². The van der Waals surface area contributed by atoms with Gasteiger partial charge in [0, 0.05) is 25.7 Å².